The van der Waals surface area contributed by atoms with Gasteiger partial charge in [0.1, 0.15) is 6.79 Å². The Bertz CT molecular complexity index is 715. The summed E-state index contributed by atoms with van der Waals surface area (Å²) >= 11 is 0. The summed E-state index contributed by atoms with van der Waals surface area (Å²) in [5.74, 6) is 1.94. The van der Waals surface area contributed by atoms with Crippen LogP contribution in [-0.4, -0.2) is 79.5 Å². The Morgan fingerprint density at radius 3 is 2.81 bits per heavy atom. The Labute approximate surface area is 193 Å². The van der Waals surface area contributed by atoms with Gasteiger partial charge in [0.15, 0.2) is 0 Å². The van der Waals surface area contributed by atoms with Gasteiger partial charge in [0.2, 0.25) is 5.91 Å². The Balaban J connectivity index is 1.03. The number of rotatable bonds is 6. The van der Waals surface area contributed by atoms with E-state index < -0.39 is 0 Å². The standard InChI is InChI=1S/C26H41N3O3/c1-19(22-7-8-24-25(15-22)32-18-31-24)27-16-26(30)29-14-11-23(17-29)28-12-9-21(10-13-28)20-5-3-2-4-6-20/h3,5,7,19-21,23-25,27H,2,4,6,8-18H2,1H3. The average molecular weight is 444 g/mol. The molecule has 32 heavy (non-hydrogen) atoms. The summed E-state index contributed by atoms with van der Waals surface area (Å²) in [7, 11) is 0. The zero-order valence-corrected chi connectivity index (χ0v) is 19.7. The van der Waals surface area contributed by atoms with Gasteiger partial charge in [-0.05, 0) is 83.2 Å². The van der Waals surface area contributed by atoms with Gasteiger partial charge < -0.3 is 19.7 Å². The van der Waals surface area contributed by atoms with E-state index in [-0.39, 0.29) is 24.2 Å². The molecule has 1 N–H and O–H groups in total. The fraction of sp³-hybridized carbons (Fsp3) is 0.808. The number of allylic oxidation sites excluding steroid dienone is 2. The third-order valence-corrected chi connectivity index (χ3v) is 8.65. The SMILES string of the molecule is CC(NCC(=O)N1CCC(N2CCC(C3C=CCCC3)CC2)C1)C1=CCC2OCOC2C1. The molecule has 0 aromatic carbocycles. The Morgan fingerprint density at radius 1 is 1.16 bits per heavy atom. The summed E-state index contributed by atoms with van der Waals surface area (Å²) in [6.07, 6.45) is 17.2. The van der Waals surface area contributed by atoms with E-state index in [0.717, 1.165) is 44.2 Å². The molecular weight excluding hydrogens is 402 g/mol. The van der Waals surface area contributed by atoms with E-state index in [9.17, 15) is 4.79 Å². The predicted octanol–water partition coefficient (Wildman–Crippen LogP) is 3.10. The van der Waals surface area contributed by atoms with Crippen molar-refractivity contribution in [3.63, 3.8) is 0 Å². The molecule has 178 valence electrons. The van der Waals surface area contributed by atoms with E-state index in [1.54, 1.807) is 0 Å². The van der Waals surface area contributed by atoms with Crippen LogP contribution in [0, 0.1) is 11.8 Å². The van der Waals surface area contributed by atoms with Crippen LogP contribution in [-0.2, 0) is 14.3 Å². The average Bonchev–Trinajstić information content (AvgIpc) is 3.52. The first kappa shape index (κ1) is 22.6. The number of hydrogen-bond donors (Lipinski definition) is 1. The predicted molar refractivity (Wildman–Crippen MR) is 125 cm³/mol. The zero-order chi connectivity index (χ0) is 21.9. The second kappa shape index (κ2) is 10.4. The highest BCUT2D eigenvalue weighted by molar-refractivity contribution is 5.78. The minimum absolute atomic E-state index is 0.188. The molecule has 3 saturated heterocycles. The van der Waals surface area contributed by atoms with Gasteiger partial charge in [0.25, 0.3) is 0 Å². The topological polar surface area (TPSA) is 54.0 Å². The van der Waals surface area contributed by atoms with Crippen molar-refractivity contribution in [3.8, 4) is 0 Å². The molecule has 1 amide bonds. The van der Waals surface area contributed by atoms with Crippen LogP contribution in [0.25, 0.3) is 0 Å². The monoisotopic (exact) mass is 443 g/mol. The number of carbonyl (C=O) groups is 1. The van der Waals surface area contributed by atoms with Crippen LogP contribution in [0.15, 0.2) is 23.8 Å². The number of likely N-dealkylation sites (tertiary alicyclic amines) is 2. The van der Waals surface area contributed by atoms with E-state index in [1.165, 1.54) is 50.8 Å². The summed E-state index contributed by atoms with van der Waals surface area (Å²) < 4.78 is 11.3. The van der Waals surface area contributed by atoms with Gasteiger partial charge in [-0.1, -0.05) is 23.8 Å². The number of nitrogens with zero attached hydrogens (tertiary/aromatic N) is 2. The van der Waals surface area contributed by atoms with Crippen LogP contribution < -0.4 is 5.32 Å². The molecule has 6 heteroatoms. The number of hydrogen-bond acceptors (Lipinski definition) is 5. The largest absolute Gasteiger partial charge is 0.349 e. The van der Waals surface area contributed by atoms with E-state index in [2.05, 4.69) is 40.3 Å². The first-order valence-corrected chi connectivity index (χ1v) is 13.0. The first-order valence-electron chi connectivity index (χ1n) is 13.0. The minimum Gasteiger partial charge on any atom is -0.349 e. The molecule has 0 spiro atoms. The van der Waals surface area contributed by atoms with Crippen molar-refractivity contribution in [2.75, 3.05) is 39.5 Å². The number of carbonyl (C=O) groups excluding carboxylic acids is 1. The van der Waals surface area contributed by atoms with Crippen molar-refractivity contribution in [2.24, 2.45) is 11.8 Å². The van der Waals surface area contributed by atoms with Crippen LogP contribution in [0.1, 0.15) is 58.3 Å². The van der Waals surface area contributed by atoms with Gasteiger partial charge in [0, 0.05) is 25.2 Å². The van der Waals surface area contributed by atoms with Gasteiger partial charge in [-0.15, -0.1) is 0 Å². The molecule has 3 aliphatic heterocycles. The summed E-state index contributed by atoms with van der Waals surface area (Å²) in [5, 5.41) is 3.47. The van der Waals surface area contributed by atoms with Crippen molar-refractivity contribution in [1.29, 1.82) is 0 Å². The number of piperidine rings is 1. The lowest BCUT2D eigenvalue weighted by atomic mass is 9.79. The normalized spacial score (nSPS) is 35.0. The number of nitrogens with one attached hydrogen (secondary N) is 1. The molecule has 3 fully saturated rings. The van der Waals surface area contributed by atoms with Crippen LogP contribution in [0.5, 0.6) is 0 Å². The first-order chi connectivity index (χ1) is 15.7. The second-order valence-corrected chi connectivity index (χ2v) is 10.5. The maximum absolute atomic E-state index is 12.9. The van der Waals surface area contributed by atoms with E-state index in [1.807, 2.05) is 0 Å². The minimum atomic E-state index is 0.188. The van der Waals surface area contributed by atoms with Gasteiger partial charge in [-0.2, -0.15) is 0 Å². The van der Waals surface area contributed by atoms with Crippen molar-refractivity contribution < 1.29 is 14.3 Å². The van der Waals surface area contributed by atoms with Crippen molar-refractivity contribution in [3.05, 3.63) is 23.8 Å². The Morgan fingerprint density at radius 2 is 2.00 bits per heavy atom. The molecule has 2 aliphatic carbocycles. The van der Waals surface area contributed by atoms with Crippen LogP contribution in [0.3, 0.4) is 0 Å². The Hall–Kier alpha value is -1.21. The summed E-state index contributed by atoms with van der Waals surface area (Å²) in [5.41, 5.74) is 1.35. The number of ether oxygens (including phenoxy) is 2. The zero-order valence-electron chi connectivity index (χ0n) is 19.7. The van der Waals surface area contributed by atoms with Gasteiger partial charge >= 0.3 is 0 Å². The molecule has 0 bridgehead atoms. The smallest absolute Gasteiger partial charge is 0.236 e. The number of fused-ring (bicyclic) bond motifs is 1. The lowest BCUT2D eigenvalue weighted by Crippen LogP contribution is -2.46. The lowest BCUT2D eigenvalue weighted by Gasteiger charge is -2.38. The highest BCUT2D eigenvalue weighted by Crippen LogP contribution is 2.33. The molecule has 6 nitrogen and oxygen atoms in total. The molecule has 0 saturated carbocycles. The van der Waals surface area contributed by atoms with Crippen LogP contribution >= 0.6 is 0 Å². The maximum atomic E-state index is 12.9. The highest BCUT2D eigenvalue weighted by atomic mass is 16.7. The molecule has 0 aromatic rings. The van der Waals surface area contributed by atoms with E-state index >= 15 is 0 Å². The number of amides is 1. The molecule has 3 heterocycles. The van der Waals surface area contributed by atoms with Crippen LogP contribution in [0.2, 0.25) is 0 Å². The quantitative estimate of drug-likeness (QED) is 0.640. The summed E-state index contributed by atoms with van der Waals surface area (Å²) in [6, 6.07) is 0.757. The third-order valence-electron chi connectivity index (χ3n) is 8.65. The van der Waals surface area contributed by atoms with Crippen molar-refractivity contribution in [2.45, 2.75) is 82.6 Å². The fourth-order valence-electron chi connectivity index (χ4n) is 6.47. The van der Waals surface area contributed by atoms with Gasteiger partial charge in [0.05, 0.1) is 18.8 Å². The van der Waals surface area contributed by atoms with Gasteiger partial charge in [-0.25, -0.2) is 0 Å². The molecule has 0 radical (unpaired) electrons. The fourth-order valence-corrected chi connectivity index (χ4v) is 6.47. The maximum Gasteiger partial charge on any atom is 0.236 e. The van der Waals surface area contributed by atoms with Crippen molar-refractivity contribution >= 4 is 5.91 Å². The molecule has 5 rings (SSSR count). The Kier molecular flexibility index (Phi) is 7.32. The van der Waals surface area contributed by atoms with Crippen molar-refractivity contribution in [1.82, 2.24) is 15.1 Å². The lowest BCUT2D eigenvalue weighted by molar-refractivity contribution is -0.129. The van der Waals surface area contributed by atoms with E-state index in [0.29, 0.717) is 19.4 Å². The molecule has 5 atom stereocenters. The summed E-state index contributed by atoms with van der Waals surface area (Å²) in [4.78, 5) is 17.6. The molecule has 0 aromatic heterocycles. The van der Waals surface area contributed by atoms with E-state index in [4.69, 9.17) is 9.47 Å². The molecule has 5 unspecified atom stereocenters. The summed E-state index contributed by atoms with van der Waals surface area (Å²) in [6.45, 7) is 7.23. The highest BCUT2D eigenvalue weighted by Gasteiger charge is 2.35. The third kappa shape index (κ3) is 5.14. The molecule has 5 aliphatic rings. The molecular formula is C26H41N3O3. The second-order valence-electron chi connectivity index (χ2n) is 10.5. The van der Waals surface area contributed by atoms with Crippen LogP contribution in [0.4, 0.5) is 0 Å². The van der Waals surface area contributed by atoms with Gasteiger partial charge in [-0.3, -0.25) is 9.69 Å².